The van der Waals surface area contributed by atoms with Gasteiger partial charge in [-0.25, -0.2) is 9.38 Å². The van der Waals surface area contributed by atoms with Crippen molar-refractivity contribution >= 4 is 5.96 Å². The Morgan fingerprint density at radius 3 is 2.32 bits per heavy atom. The van der Waals surface area contributed by atoms with Crippen LogP contribution >= 0.6 is 0 Å². The van der Waals surface area contributed by atoms with Crippen LogP contribution in [0.3, 0.4) is 0 Å². The van der Waals surface area contributed by atoms with Crippen molar-refractivity contribution in [2.75, 3.05) is 26.2 Å². The van der Waals surface area contributed by atoms with E-state index in [-0.39, 0.29) is 5.82 Å². The minimum Gasteiger partial charge on any atom is -0.357 e. The molecular formula is C17H29FN4. The molecule has 1 aromatic rings. The molecule has 0 saturated heterocycles. The lowest BCUT2D eigenvalue weighted by molar-refractivity contribution is 0.231. The highest BCUT2D eigenvalue weighted by Crippen LogP contribution is 2.04. The fourth-order valence-corrected chi connectivity index (χ4v) is 2.32. The first-order chi connectivity index (χ1) is 10.6. The molecule has 0 bridgehead atoms. The predicted octanol–water partition coefficient (Wildman–Crippen LogP) is 2.61. The zero-order valence-corrected chi connectivity index (χ0v) is 14.2. The Morgan fingerprint density at radius 2 is 1.77 bits per heavy atom. The summed E-state index contributed by atoms with van der Waals surface area (Å²) in [5, 5.41) is 6.62. The molecule has 5 heteroatoms. The first kappa shape index (κ1) is 18.4. The van der Waals surface area contributed by atoms with Crippen molar-refractivity contribution in [1.82, 2.24) is 15.5 Å². The lowest BCUT2D eigenvalue weighted by atomic mass is 10.2. The highest BCUT2D eigenvalue weighted by molar-refractivity contribution is 5.79. The quantitative estimate of drug-likeness (QED) is 0.573. The lowest BCUT2D eigenvalue weighted by Gasteiger charge is -2.27. The summed E-state index contributed by atoms with van der Waals surface area (Å²) in [4.78, 5) is 6.95. The van der Waals surface area contributed by atoms with E-state index in [4.69, 9.17) is 0 Å². The van der Waals surface area contributed by atoms with Crippen LogP contribution in [0.2, 0.25) is 0 Å². The first-order valence-electron chi connectivity index (χ1n) is 8.11. The molecule has 0 saturated carbocycles. The van der Waals surface area contributed by atoms with Gasteiger partial charge >= 0.3 is 0 Å². The molecule has 4 nitrogen and oxygen atoms in total. The van der Waals surface area contributed by atoms with E-state index in [0.717, 1.165) is 37.7 Å². The number of aliphatic imine (C=N–C) groups is 1. The van der Waals surface area contributed by atoms with Gasteiger partial charge < -0.3 is 10.6 Å². The predicted molar refractivity (Wildman–Crippen MR) is 91.6 cm³/mol. The Bertz CT molecular complexity index is 440. The van der Waals surface area contributed by atoms with Gasteiger partial charge in [-0.2, -0.15) is 0 Å². The minimum atomic E-state index is -0.217. The fraction of sp³-hybridized carbons (Fsp3) is 0.588. The molecule has 2 N–H and O–H groups in total. The number of nitrogens with zero attached hydrogens (tertiary/aromatic N) is 2. The third-order valence-electron chi connectivity index (χ3n) is 3.68. The summed E-state index contributed by atoms with van der Waals surface area (Å²) in [6.45, 7) is 12.9. The van der Waals surface area contributed by atoms with E-state index in [1.54, 1.807) is 12.1 Å². The molecule has 0 amide bonds. The highest BCUT2D eigenvalue weighted by atomic mass is 19.1. The molecule has 0 aliphatic heterocycles. The number of nitrogens with one attached hydrogen (secondary N) is 2. The topological polar surface area (TPSA) is 39.7 Å². The summed E-state index contributed by atoms with van der Waals surface area (Å²) < 4.78 is 12.9. The van der Waals surface area contributed by atoms with Crippen LogP contribution in [0.15, 0.2) is 29.3 Å². The second-order valence-corrected chi connectivity index (χ2v) is 5.27. The molecular weight excluding hydrogens is 279 g/mol. The largest absolute Gasteiger partial charge is 0.357 e. The molecule has 22 heavy (non-hydrogen) atoms. The van der Waals surface area contributed by atoms with Gasteiger partial charge in [-0.3, -0.25) is 4.90 Å². The molecule has 0 heterocycles. The van der Waals surface area contributed by atoms with Crippen molar-refractivity contribution in [2.45, 2.75) is 40.3 Å². The van der Waals surface area contributed by atoms with Crippen LogP contribution < -0.4 is 10.6 Å². The van der Waals surface area contributed by atoms with E-state index in [1.165, 1.54) is 12.1 Å². The van der Waals surface area contributed by atoms with Crippen LogP contribution in [0.25, 0.3) is 0 Å². The lowest BCUT2D eigenvalue weighted by Crippen LogP contribution is -2.45. The number of benzene rings is 1. The number of hydrogen-bond acceptors (Lipinski definition) is 2. The average molecular weight is 308 g/mol. The van der Waals surface area contributed by atoms with Crippen molar-refractivity contribution < 1.29 is 4.39 Å². The van der Waals surface area contributed by atoms with Crippen molar-refractivity contribution in [3.05, 3.63) is 35.6 Å². The second-order valence-electron chi connectivity index (χ2n) is 5.27. The zero-order valence-electron chi connectivity index (χ0n) is 14.2. The molecule has 1 rings (SSSR count). The minimum absolute atomic E-state index is 0.217. The van der Waals surface area contributed by atoms with Crippen LogP contribution in [0.5, 0.6) is 0 Å². The van der Waals surface area contributed by atoms with Gasteiger partial charge in [0.05, 0.1) is 6.54 Å². The molecule has 1 atom stereocenters. The smallest absolute Gasteiger partial charge is 0.191 e. The zero-order chi connectivity index (χ0) is 16.4. The summed E-state index contributed by atoms with van der Waals surface area (Å²) in [6, 6.07) is 6.91. The number of guanidine groups is 1. The molecule has 0 aliphatic rings. The maximum absolute atomic E-state index is 12.9. The van der Waals surface area contributed by atoms with Crippen LogP contribution in [-0.2, 0) is 6.54 Å². The molecule has 1 aromatic carbocycles. The number of hydrogen-bond donors (Lipinski definition) is 2. The Hall–Kier alpha value is -1.62. The third kappa shape index (κ3) is 6.43. The summed E-state index contributed by atoms with van der Waals surface area (Å²) in [5.74, 6) is 0.580. The normalized spacial score (nSPS) is 13.3. The Kier molecular flexibility index (Phi) is 8.51. The number of likely N-dealkylation sites (N-methyl/N-ethyl adjacent to an activating group) is 1. The van der Waals surface area contributed by atoms with Gasteiger partial charge in [0.2, 0.25) is 0 Å². The van der Waals surface area contributed by atoms with Crippen LogP contribution in [0, 0.1) is 5.82 Å². The molecule has 0 fully saturated rings. The van der Waals surface area contributed by atoms with Gasteiger partial charge in [0, 0.05) is 19.1 Å². The molecule has 1 unspecified atom stereocenters. The summed E-state index contributed by atoms with van der Waals surface area (Å²) in [6.07, 6.45) is 0. The van der Waals surface area contributed by atoms with E-state index in [2.05, 4.69) is 41.3 Å². The summed E-state index contributed by atoms with van der Waals surface area (Å²) in [7, 11) is 0. The molecule has 0 aromatic heterocycles. The average Bonchev–Trinajstić information content (AvgIpc) is 2.52. The van der Waals surface area contributed by atoms with Gasteiger partial charge in [0.1, 0.15) is 5.82 Å². The van der Waals surface area contributed by atoms with Gasteiger partial charge in [-0.1, -0.05) is 26.0 Å². The monoisotopic (exact) mass is 308 g/mol. The van der Waals surface area contributed by atoms with E-state index >= 15 is 0 Å². The van der Waals surface area contributed by atoms with Crippen LogP contribution in [-0.4, -0.2) is 43.1 Å². The van der Waals surface area contributed by atoms with Crippen molar-refractivity contribution in [2.24, 2.45) is 4.99 Å². The van der Waals surface area contributed by atoms with E-state index < -0.39 is 0 Å². The summed E-state index contributed by atoms with van der Waals surface area (Å²) >= 11 is 0. The third-order valence-corrected chi connectivity index (χ3v) is 3.68. The van der Waals surface area contributed by atoms with E-state index in [1.807, 2.05) is 6.92 Å². The Labute approximate surface area is 133 Å². The molecule has 0 radical (unpaired) electrons. The standard InChI is InChI=1S/C17H29FN4/c1-5-19-17(20-12-14(4)22(6-2)7-3)21-13-15-8-10-16(18)11-9-15/h8-11,14H,5-7,12-13H2,1-4H3,(H2,19,20,21). The SMILES string of the molecule is CCNC(=NCc1ccc(F)cc1)NCC(C)N(CC)CC. The van der Waals surface area contributed by atoms with Crippen LogP contribution in [0.4, 0.5) is 4.39 Å². The Balaban J connectivity index is 2.56. The maximum atomic E-state index is 12.9. The molecule has 0 spiro atoms. The van der Waals surface area contributed by atoms with Gasteiger partial charge in [-0.05, 0) is 44.6 Å². The first-order valence-corrected chi connectivity index (χ1v) is 8.11. The maximum Gasteiger partial charge on any atom is 0.191 e. The molecule has 124 valence electrons. The van der Waals surface area contributed by atoms with E-state index in [0.29, 0.717) is 12.6 Å². The summed E-state index contributed by atoms with van der Waals surface area (Å²) in [5.41, 5.74) is 0.996. The number of rotatable bonds is 8. The van der Waals surface area contributed by atoms with Gasteiger partial charge in [0.15, 0.2) is 5.96 Å². The molecule has 0 aliphatic carbocycles. The Morgan fingerprint density at radius 1 is 1.14 bits per heavy atom. The highest BCUT2D eigenvalue weighted by Gasteiger charge is 2.10. The van der Waals surface area contributed by atoms with Gasteiger partial charge in [-0.15, -0.1) is 0 Å². The fourth-order valence-electron chi connectivity index (χ4n) is 2.32. The van der Waals surface area contributed by atoms with Crippen molar-refractivity contribution in [1.29, 1.82) is 0 Å². The van der Waals surface area contributed by atoms with Crippen molar-refractivity contribution in [3.8, 4) is 0 Å². The van der Waals surface area contributed by atoms with Crippen molar-refractivity contribution in [3.63, 3.8) is 0 Å². The van der Waals surface area contributed by atoms with E-state index in [9.17, 15) is 4.39 Å². The number of halogens is 1. The van der Waals surface area contributed by atoms with Crippen LogP contribution in [0.1, 0.15) is 33.3 Å². The second kappa shape index (κ2) is 10.2. The van der Waals surface area contributed by atoms with Gasteiger partial charge in [0.25, 0.3) is 0 Å².